The van der Waals surface area contributed by atoms with E-state index in [2.05, 4.69) is 0 Å². The summed E-state index contributed by atoms with van der Waals surface area (Å²) >= 11 is 0. The number of fused-ring (bicyclic) bond motifs is 1. The van der Waals surface area contributed by atoms with Crippen molar-refractivity contribution in [2.45, 2.75) is 44.6 Å². The van der Waals surface area contributed by atoms with Crippen molar-refractivity contribution in [2.24, 2.45) is 0 Å². The Morgan fingerprint density at radius 3 is 2.49 bits per heavy atom. The van der Waals surface area contributed by atoms with Crippen molar-refractivity contribution in [3.63, 3.8) is 0 Å². The third kappa shape index (κ3) is 6.47. The number of benzene rings is 3. The summed E-state index contributed by atoms with van der Waals surface area (Å²) in [6.07, 6.45) is 1.83. The highest BCUT2D eigenvalue weighted by molar-refractivity contribution is 5.79. The van der Waals surface area contributed by atoms with Gasteiger partial charge in [0.15, 0.2) is 0 Å². The second kappa shape index (κ2) is 10.7. The SMILES string of the molecule is CC1(Cc2ccccc2F)Cc2cc(CC(=O)N(CCC(=O)O)CCc3ccccc3)ccc2O1. The Hall–Kier alpha value is -3.67. The third-order valence-corrected chi connectivity index (χ3v) is 6.38. The van der Waals surface area contributed by atoms with E-state index in [1.807, 2.05) is 61.5 Å². The van der Waals surface area contributed by atoms with E-state index in [0.717, 1.165) is 22.4 Å². The highest BCUT2D eigenvalue weighted by Crippen LogP contribution is 2.38. The van der Waals surface area contributed by atoms with Gasteiger partial charge >= 0.3 is 5.97 Å². The molecule has 1 aliphatic heterocycles. The van der Waals surface area contributed by atoms with E-state index in [9.17, 15) is 14.0 Å². The molecule has 1 aliphatic rings. The number of halogens is 1. The predicted octanol–water partition coefficient (Wildman–Crippen LogP) is 4.85. The van der Waals surface area contributed by atoms with Gasteiger partial charge in [0.25, 0.3) is 0 Å². The average molecular weight is 476 g/mol. The van der Waals surface area contributed by atoms with E-state index < -0.39 is 11.6 Å². The zero-order valence-corrected chi connectivity index (χ0v) is 19.9. The topological polar surface area (TPSA) is 66.8 Å². The third-order valence-electron chi connectivity index (χ3n) is 6.38. The van der Waals surface area contributed by atoms with Gasteiger partial charge in [-0.05, 0) is 47.7 Å². The molecule has 4 rings (SSSR count). The Bertz CT molecular complexity index is 1200. The van der Waals surface area contributed by atoms with Crippen molar-refractivity contribution in [3.05, 3.63) is 101 Å². The lowest BCUT2D eigenvalue weighted by Crippen LogP contribution is -2.36. The molecule has 1 unspecified atom stereocenters. The molecule has 1 heterocycles. The van der Waals surface area contributed by atoms with Crippen molar-refractivity contribution in [2.75, 3.05) is 13.1 Å². The Morgan fingerprint density at radius 2 is 1.74 bits per heavy atom. The lowest BCUT2D eigenvalue weighted by Gasteiger charge is -2.24. The van der Waals surface area contributed by atoms with Gasteiger partial charge < -0.3 is 14.7 Å². The van der Waals surface area contributed by atoms with Gasteiger partial charge in [-0.15, -0.1) is 0 Å². The molecule has 0 saturated heterocycles. The normalized spacial score (nSPS) is 16.4. The van der Waals surface area contributed by atoms with Crippen molar-refractivity contribution in [3.8, 4) is 5.75 Å². The van der Waals surface area contributed by atoms with Crippen LogP contribution in [-0.2, 0) is 35.3 Å². The summed E-state index contributed by atoms with van der Waals surface area (Å²) in [6, 6.07) is 22.3. The van der Waals surface area contributed by atoms with Gasteiger partial charge in [-0.3, -0.25) is 9.59 Å². The predicted molar refractivity (Wildman–Crippen MR) is 132 cm³/mol. The zero-order valence-electron chi connectivity index (χ0n) is 19.9. The molecule has 0 fully saturated rings. The van der Waals surface area contributed by atoms with Crippen LogP contribution in [-0.4, -0.2) is 40.6 Å². The van der Waals surface area contributed by atoms with Crippen LogP contribution in [0.25, 0.3) is 0 Å². The number of nitrogens with zero attached hydrogens (tertiary/aromatic N) is 1. The first-order valence-electron chi connectivity index (χ1n) is 11.9. The van der Waals surface area contributed by atoms with E-state index >= 15 is 0 Å². The van der Waals surface area contributed by atoms with E-state index in [0.29, 0.717) is 31.4 Å². The first kappa shape index (κ1) is 24.5. The second-order valence-electron chi connectivity index (χ2n) is 9.38. The highest BCUT2D eigenvalue weighted by atomic mass is 19.1. The number of carbonyl (C=O) groups is 2. The van der Waals surface area contributed by atoms with Crippen LogP contribution in [0.4, 0.5) is 4.39 Å². The van der Waals surface area contributed by atoms with Crippen molar-refractivity contribution in [1.29, 1.82) is 0 Å². The summed E-state index contributed by atoms with van der Waals surface area (Å²) in [5.74, 6) is -0.509. The van der Waals surface area contributed by atoms with Crippen LogP contribution in [0.3, 0.4) is 0 Å². The van der Waals surface area contributed by atoms with Crippen molar-refractivity contribution < 1.29 is 23.8 Å². The first-order chi connectivity index (χ1) is 16.8. The van der Waals surface area contributed by atoms with Gasteiger partial charge in [0.1, 0.15) is 17.2 Å². The molecule has 0 radical (unpaired) electrons. The fourth-order valence-electron chi connectivity index (χ4n) is 4.62. The number of carboxylic acid groups (broad SMARTS) is 1. The Labute approximate surface area is 205 Å². The van der Waals surface area contributed by atoms with Crippen LogP contribution in [0.15, 0.2) is 72.8 Å². The molecule has 0 saturated carbocycles. The molecule has 0 aromatic heterocycles. The molecular formula is C29H30FNO4. The summed E-state index contributed by atoms with van der Waals surface area (Å²) in [5.41, 5.74) is 3.01. The zero-order chi connectivity index (χ0) is 24.8. The molecule has 3 aromatic rings. The summed E-state index contributed by atoms with van der Waals surface area (Å²) in [4.78, 5) is 25.9. The summed E-state index contributed by atoms with van der Waals surface area (Å²) in [6.45, 7) is 2.61. The number of hydrogen-bond acceptors (Lipinski definition) is 3. The maximum Gasteiger partial charge on any atom is 0.305 e. The van der Waals surface area contributed by atoms with Crippen molar-refractivity contribution in [1.82, 2.24) is 4.90 Å². The fourth-order valence-corrected chi connectivity index (χ4v) is 4.62. The van der Waals surface area contributed by atoms with E-state index in [4.69, 9.17) is 9.84 Å². The van der Waals surface area contributed by atoms with Crippen molar-refractivity contribution >= 4 is 11.9 Å². The largest absolute Gasteiger partial charge is 0.487 e. The van der Waals surface area contributed by atoms with Gasteiger partial charge in [0, 0.05) is 25.9 Å². The number of carboxylic acids is 1. The van der Waals surface area contributed by atoms with E-state index in [1.54, 1.807) is 17.0 Å². The molecule has 35 heavy (non-hydrogen) atoms. The van der Waals surface area contributed by atoms with E-state index in [-0.39, 0.29) is 31.1 Å². The molecule has 182 valence electrons. The number of hydrogen-bond donors (Lipinski definition) is 1. The van der Waals surface area contributed by atoms with Gasteiger partial charge in [0.05, 0.1) is 12.8 Å². The molecule has 3 aromatic carbocycles. The van der Waals surface area contributed by atoms with Crippen LogP contribution >= 0.6 is 0 Å². The smallest absolute Gasteiger partial charge is 0.305 e. The Morgan fingerprint density at radius 1 is 1.00 bits per heavy atom. The molecule has 1 atom stereocenters. The fraction of sp³-hybridized carbons (Fsp3) is 0.310. The lowest BCUT2D eigenvalue weighted by atomic mass is 9.91. The monoisotopic (exact) mass is 475 g/mol. The summed E-state index contributed by atoms with van der Waals surface area (Å²) in [5, 5.41) is 9.12. The number of ether oxygens (including phenoxy) is 1. The Balaban J connectivity index is 1.42. The molecule has 5 nitrogen and oxygen atoms in total. The maximum absolute atomic E-state index is 14.2. The molecule has 6 heteroatoms. The number of amides is 1. The van der Waals surface area contributed by atoms with Crippen LogP contribution in [0.1, 0.15) is 35.6 Å². The van der Waals surface area contributed by atoms with Crippen LogP contribution < -0.4 is 4.74 Å². The average Bonchev–Trinajstić information content (AvgIpc) is 3.16. The summed E-state index contributed by atoms with van der Waals surface area (Å²) < 4.78 is 20.4. The minimum absolute atomic E-state index is 0.0903. The summed E-state index contributed by atoms with van der Waals surface area (Å²) in [7, 11) is 0. The lowest BCUT2D eigenvalue weighted by molar-refractivity contribution is -0.138. The number of rotatable bonds is 10. The minimum atomic E-state index is -0.925. The van der Waals surface area contributed by atoms with Gasteiger partial charge in [0.2, 0.25) is 5.91 Å². The second-order valence-corrected chi connectivity index (χ2v) is 9.38. The van der Waals surface area contributed by atoms with Crippen LogP contribution in [0, 0.1) is 5.82 Å². The number of aliphatic carboxylic acids is 1. The number of carbonyl (C=O) groups excluding carboxylic acids is 1. The Kier molecular flexibility index (Phi) is 7.49. The standard InChI is InChI=1S/C29H30FNO4/c1-29(19-23-9-5-6-10-25(23)30)20-24-17-22(11-12-26(24)35-29)18-27(32)31(16-14-28(33)34)15-13-21-7-3-2-4-8-21/h2-12,17H,13-16,18-20H2,1H3,(H,33,34). The minimum Gasteiger partial charge on any atom is -0.487 e. The molecule has 1 N–H and O–H groups in total. The van der Waals surface area contributed by atoms with Gasteiger partial charge in [-0.2, -0.15) is 0 Å². The first-order valence-corrected chi connectivity index (χ1v) is 11.9. The maximum atomic E-state index is 14.2. The molecule has 1 amide bonds. The van der Waals surface area contributed by atoms with Crippen LogP contribution in [0.5, 0.6) is 5.75 Å². The highest BCUT2D eigenvalue weighted by Gasteiger charge is 2.35. The molecular weight excluding hydrogens is 445 g/mol. The van der Waals surface area contributed by atoms with Gasteiger partial charge in [-0.1, -0.05) is 60.7 Å². The quantitative estimate of drug-likeness (QED) is 0.455. The molecule has 0 spiro atoms. The molecule has 0 aliphatic carbocycles. The van der Waals surface area contributed by atoms with Gasteiger partial charge in [-0.25, -0.2) is 4.39 Å². The molecule has 0 bridgehead atoms. The van der Waals surface area contributed by atoms with Crippen LogP contribution in [0.2, 0.25) is 0 Å². The van der Waals surface area contributed by atoms with E-state index in [1.165, 1.54) is 6.07 Å².